The summed E-state index contributed by atoms with van der Waals surface area (Å²) in [6.45, 7) is 0.0517. The Morgan fingerprint density at radius 3 is 2.32 bits per heavy atom. The van der Waals surface area contributed by atoms with Crippen molar-refractivity contribution in [3.8, 4) is 0 Å². The lowest BCUT2D eigenvalue weighted by Crippen LogP contribution is -2.65. The van der Waals surface area contributed by atoms with Crippen LogP contribution in [0.25, 0.3) is 0 Å². The first kappa shape index (κ1) is 14.0. The van der Waals surface area contributed by atoms with E-state index in [1.165, 1.54) is 0 Å². The second-order valence-electron chi connectivity index (χ2n) is 7.02. The number of hydrogen-bond acceptors (Lipinski definition) is 2. The van der Waals surface area contributed by atoms with Gasteiger partial charge in [0, 0.05) is 12.5 Å². The number of carboxylic acids is 1. The summed E-state index contributed by atoms with van der Waals surface area (Å²) in [5.74, 6) is -1.94. The average Bonchev–Trinajstić information content (AvgIpc) is 3.06. The van der Waals surface area contributed by atoms with Crippen molar-refractivity contribution in [3.05, 3.63) is 17.0 Å². The molecule has 4 saturated carbocycles. The van der Waals surface area contributed by atoms with Crippen LogP contribution in [0.15, 0.2) is 0 Å². The molecule has 22 heavy (non-hydrogen) atoms. The third kappa shape index (κ3) is 1.88. The number of aromatic nitrogens is 2. The van der Waals surface area contributed by atoms with E-state index in [2.05, 4.69) is 5.10 Å². The van der Waals surface area contributed by atoms with Gasteiger partial charge in [0.05, 0.1) is 5.69 Å². The summed E-state index contributed by atoms with van der Waals surface area (Å²) in [6.07, 6.45) is -2.68. The predicted octanol–water partition coefficient (Wildman–Crippen LogP) is 3.37. The molecule has 1 heterocycles. The van der Waals surface area contributed by atoms with Crippen molar-refractivity contribution < 1.29 is 27.5 Å². The van der Waals surface area contributed by atoms with Crippen LogP contribution in [-0.2, 0) is 12.7 Å². The molecule has 2 bridgehead atoms. The lowest BCUT2D eigenvalue weighted by Gasteiger charge is -2.65. The summed E-state index contributed by atoms with van der Waals surface area (Å²) in [7, 11) is 0. The molecule has 0 aromatic carbocycles. The maximum absolute atomic E-state index is 13.6. The predicted molar refractivity (Wildman–Crippen MR) is 66.3 cm³/mol. The van der Waals surface area contributed by atoms with Gasteiger partial charge >= 0.3 is 12.1 Å². The summed E-state index contributed by atoms with van der Waals surface area (Å²) in [4.78, 5) is 11.4. The molecule has 0 aliphatic heterocycles. The Bertz CT molecular complexity index is 655. The molecule has 1 aromatic rings. The number of carboxylic acid groups (broad SMARTS) is 1. The van der Waals surface area contributed by atoms with Gasteiger partial charge in [-0.1, -0.05) is 0 Å². The van der Waals surface area contributed by atoms with Crippen LogP contribution < -0.4 is 0 Å². The normalized spacial score (nSPS) is 33.3. The van der Waals surface area contributed by atoms with Crippen LogP contribution in [0, 0.1) is 5.41 Å². The standard InChI is InChI=1S/C14H14F4N2O2/c15-13-3-12(4-13,5-13)6-20-10(11(21)22)8(14(16,17)18)9(19-20)7-1-2-7/h7H,1-6H2,(H,21,22). The van der Waals surface area contributed by atoms with Crippen LogP contribution >= 0.6 is 0 Å². The van der Waals surface area contributed by atoms with E-state index in [4.69, 9.17) is 0 Å². The summed E-state index contributed by atoms with van der Waals surface area (Å²) in [6, 6.07) is 0. The van der Waals surface area contributed by atoms with Gasteiger partial charge in [-0.3, -0.25) is 4.68 Å². The van der Waals surface area contributed by atoms with Gasteiger partial charge in [-0.15, -0.1) is 0 Å². The minimum atomic E-state index is -4.75. The molecule has 0 amide bonds. The van der Waals surface area contributed by atoms with E-state index in [9.17, 15) is 27.5 Å². The zero-order valence-corrected chi connectivity index (χ0v) is 11.6. The summed E-state index contributed by atoms with van der Waals surface area (Å²) in [5.41, 5.74) is -3.67. The van der Waals surface area contributed by atoms with Gasteiger partial charge in [-0.25, -0.2) is 9.18 Å². The van der Waals surface area contributed by atoms with Crippen molar-refractivity contribution >= 4 is 5.97 Å². The highest BCUT2D eigenvalue weighted by atomic mass is 19.4. The molecule has 4 aliphatic carbocycles. The molecular formula is C14H14F4N2O2. The van der Waals surface area contributed by atoms with Crippen molar-refractivity contribution in [2.24, 2.45) is 5.41 Å². The first-order chi connectivity index (χ1) is 10.1. The largest absolute Gasteiger partial charge is 0.477 e. The first-order valence-corrected chi connectivity index (χ1v) is 7.23. The molecule has 0 atom stereocenters. The van der Waals surface area contributed by atoms with Gasteiger partial charge in [0.15, 0.2) is 5.69 Å². The number of aromatic carboxylic acids is 1. The quantitative estimate of drug-likeness (QED) is 0.866. The number of alkyl halides is 4. The van der Waals surface area contributed by atoms with E-state index in [-0.39, 0.29) is 18.2 Å². The molecule has 4 fully saturated rings. The van der Waals surface area contributed by atoms with Crippen molar-refractivity contribution in [1.29, 1.82) is 0 Å². The molecule has 0 radical (unpaired) electrons. The Morgan fingerprint density at radius 1 is 1.32 bits per heavy atom. The Labute approximate surface area is 123 Å². The Morgan fingerprint density at radius 2 is 1.91 bits per heavy atom. The fourth-order valence-electron chi connectivity index (χ4n) is 4.08. The number of carbonyl (C=O) groups is 1. The van der Waals surface area contributed by atoms with Gasteiger partial charge in [-0.2, -0.15) is 18.3 Å². The molecule has 4 nitrogen and oxygen atoms in total. The third-order valence-electron chi connectivity index (χ3n) is 4.99. The van der Waals surface area contributed by atoms with E-state index in [0.29, 0.717) is 32.1 Å². The zero-order chi connectivity index (χ0) is 15.9. The monoisotopic (exact) mass is 318 g/mol. The SMILES string of the molecule is O=C(O)c1c(C(F)(F)F)c(C2CC2)nn1CC12CC(F)(C1)C2. The summed E-state index contributed by atoms with van der Waals surface area (Å²) < 4.78 is 54.4. The summed E-state index contributed by atoms with van der Waals surface area (Å²) >= 11 is 0. The van der Waals surface area contributed by atoms with Gasteiger partial charge in [0.25, 0.3) is 0 Å². The second kappa shape index (κ2) is 3.83. The molecule has 1 N–H and O–H groups in total. The van der Waals surface area contributed by atoms with Crippen molar-refractivity contribution in [3.63, 3.8) is 0 Å². The van der Waals surface area contributed by atoms with Crippen LogP contribution in [0.3, 0.4) is 0 Å². The molecule has 5 rings (SSSR count). The van der Waals surface area contributed by atoms with Crippen LogP contribution in [-0.4, -0.2) is 26.5 Å². The minimum Gasteiger partial charge on any atom is -0.477 e. The molecule has 8 heteroatoms. The topological polar surface area (TPSA) is 55.1 Å². The molecule has 0 spiro atoms. The average molecular weight is 318 g/mol. The number of hydrogen-bond donors (Lipinski definition) is 1. The van der Waals surface area contributed by atoms with E-state index >= 15 is 0 Å². The Hall–Kier alpha value is -1.60. The van der Waals surface area contributed by atoms with Gasteiger partial charge < -0.3 is 5.11 Å². The lowest BCUT2D eigenvalue weighted by atomic mass is 9.42. The van der Waals surface area contributed by atoms with Gasteiger partial charge in [0.2, 0.25) is 0 Å². The third-order valence-corrected chi connectivity index (χ3v) is 4.99. The Kier molecular flexibility index (Phi) is 2.44. The molecule has 0 saturated heterocycles. The van der Waals surface area contributed by atoms with Crippen molar-refractivity contribution in [2.45, 2.75) is 56.4 Å². The van der Waals surface area contributed by atoms with Crippen LogP contribution in [0.2, 0.25) is 0 Å². The van der Waals surface area contributed by atoms with Gasteiger partial charge in [-0.05, 0) is 37.5 Å². The van der Waals surface area contributed by atoms with Crippen LogP contribution in [0.5, 0.6) is 0 Å². The minimum absolute atomic E-state index is 0.0517. The fraction of sp³-hybridized carbons (Fsp3) is 0.714. The zero-order valence-electron chi connectivity index (χ0n) is 11.6. The highest BCUT2D eigenvalue weighted by Crippen LogP contribution is 2.70. The number of halogens is 4. The lowest BCUT2D eigenvalue weighted by molar-refractivity contribution is -0.221. The summed E-state index contributed by atoms with van der Waals surface area (Å²) in [5, 5.41) is 13.2. The van der Waals surface area contributed by atoms with E-state index in [1.54, 1.807) is 0 Å². The van der Waals surface area contributed by atoms with Crippen molar-refractivity contribution in [1.82, 2.24) is 9.78 Å². The van der Waals surface area contributed by atoms with E-state index in [0.717, 1.165) is 4.68 Å². The molecule has 1 aromatic heterocycles. The number of nitrogens with zero attached hydrogens (tertiary/aromatic N) is 2. The van der Waals surface area contributed by atoms with E-state index < -0.39 is 34.5 Å². The molecule has 4 aliphatic rings. The smallest absolute Gasteiger partial charge is 0.420 e. The maximum Gasteiger partial charge on any atom is 0.420 e. The highest BCUT2D eigenvalue weighted by molar-refractivity contribution is 5.88. The fourth-order valence-corrected chi connectivity index (χ4v) is 4.08. The molecule has 0 unspecified atom stereocenters. The van der Waals surface area contributed by atoms with E-state index in [1.807, 2.05) is 0 Å². The molecular weight excluding hydrogens is 304 g/mol. The Balaban J connectivity index is 1.76. The second-order valence-corrected chi connectivity index (χ2v) is 7.02. The van der Waals surface area contributed by atoms with Crippen LogP contribution in [0.1, 0.15) is 59.8 Å². The number of rotatable bonds is 4. The van der Waals surface area contributed by atoms with Gasteiger partial charge in [0.1, 0.15) is 11.2 Å². The van der Waals surface area contributed by atoms with Crippen molar-refractivity contribution in [2.75, 3.05) is 0 Å². The maximum atomic E-state index is 13.6. The highest BCUT2D eigenvalue weighted by Gasteiger charge is 2.69. The van der Waals surface area contributed by atoms with Crippen LogP contribution in [0.4, 0.5) is 17.6 Å². The molecule has 120 valence electrons. The first-order valence-electron chi connectivity index (χ1n) is 7.23.